The van der Waals surface area contributed by atoms with E-state index in [1.54, 1.807) is 0 Å². The van der Waals surface area contributed by atoms with Crippen LogP contribution < -0.4 is 4.74 Å². The van der Waals surface area contributed by atoms with Crippen molar-refractivity contribution in [3.8, 4) is 5.75 Å². The molecule has 0 fully saturated rings. The van der Waals surface area contributed by atoms with Gasteiger partial charge in [0.1, 0.15) is 5.75 Å². The van der Waals surface area contributed by atoms with E-state index in [2.05, 4.69) is 12.1 Å². The predicted octanol–water partition coefficient (Wildman–Crippen LogP) is 2.69. The Morgan fingerprint density at radius 1 is 1.00 bits per heavy atom. The molecule has 0 saturated carbocycles. The molecule has 2 heteroatoms. The van der Waals surface area contributed by atoms with Crippen LogP contribution >= 0.6 is 0 Å². The first kappa shape index (κ1) is 8.48. The highest BCUT2D eigenvalue weighted by molar-refractivity contribution is 5.87. The average Bonchev–Trinajstić information content (AvgIpc) is 2.26. The third-order valence-corrected chi connectivity index (χ3v) is 2.75. The topological polar surface area (TPSA) is 26.3 Å². The van der Waals surface area contributed by atoms with Crippen molar-refractivity contribution < 1.29 is 9.53 Å². The first-order valence-corrected chi connectivity index (χ1v) is 5.05. The largest absolute Gasteiger partial charge is 0.426 e. The molecule has 0 radical (unpaired) electrons. The van der Waals surface area contributed by atoms with Gasteiger partial charge in [0.2, 0.25) is 0 Å². The zero-order valence-electron chi connectivity index (χ0n) is 8.19. The average molecular weight is 198 g/mol. The van der Waals surface area contributed by atoms with Gasteiger partial charge in [-0.05, 0) is 34.9 Å². The van der Waals surface area contributed by atoms with Gasteiger partial charge in [-0.3, -0.25) is 4.79 Å². The summed E-state index contributed by atoms with van der Waals surface area (Å²) in [6.45, 7) is 0. The monoisotopic (exact) mass is 198 g/mol. The molecule has 3 rings (SSSR count). The van der Waals surface area contributed by atoms with Gasteiger partial charge >= 0.3 is 5.97 Å². The molecule has 0 N–H and O–H groups in total. The Morgan fingerprint density at radius 3 is 2.53 bits per heavy atom. The van der Waals surface area contributed by atoms with Crippen LogP contribution in [0.25, 0.3) is 10.8 Å². The van der Waals surface area contributed by atoms with Crippen LogP contribution in [0.15, 0.2) is 36.4 Å². The minimum atomic E-state index is -0.127. The maximum atomic E-state index is 11.1. The lowest BCUT2D eigenvalue weighted by Gasteiger charge is -2.16. The van der Waals surface area contributed by atoms with Gasteiger partial charge in [0, 0.05) is 0 Å². The Kier molecular flexibility index (Phi) is 1.75. The lowest BCUT2D eigenvalue weighted by Crippen LogP contribution is -2.15. The van der Waals surface area contributed by atoms with Gasteiger partial charge < -0.3 is 4.74 Å². The fourth-order valence-electron chi connectivity index (χ4n) is 1.97. The Labute approximate surface area is 87.5 Å². The van der Waals surface area contributed by atoms with E-state index in [1.165, 1.54) is 5.39 Å². The highest BCUT2D eigenvalue weighted by Crippen LogP contribution is 2.30. The SMILES string of the molecule is O=C1CCc2cc3ccccc3cc2O1. The van der Waals surface area contributed by atoms with Gasteiger partial charge in [-0.2, -0.15) is 0 Å². The maximum absolute atomic E-state index is 11.1. The van der Waals surface area contributed by atoms with Crippen LogP contribution in [0, 0.1) is 0 Å². The minimum absolute atomic E-state index is 0.127. The number of rotatable bonds is 0. The Morgan fingerprint density at radius 2 is 1.73 bits per heavy atom. The number of carbonyl (C=O) groups is 1. The van der Waals surface area contributed by atoms with E-state index in [0.717, 1.165) is 23.1 Å². The van der Waals surface area contributed by atoms with Crippen LogP contribution in [0.5, 0.6) is 5.75 Å². The second-order valence-corrected chi connectivity index (χ2v) is 3.78. The zero-order chi connectivity index (χ0) is 10.3. The summed E-state index contributed by atoms with van der Waals surface area (Å²) >= 11 is 0. The van der Waals surface area contributed by atoms with E-state index in [-0.39, 0.29) is 5.97 Å². The van der Waals surface area contributed by atoms with E-state index in [0.29, 0.717) is 6.42 Å². The van der Waals surface area contributed by atoms with E-state index in [4.69, 9.17) is 4.74 Å². The first-order chi connectivity index (χ1) is 7.33. The van der Waals surface area contributed by atoms with Crippen molar-refractivity contribution >= 4 is 16.7 Å². The van der Waals surface area contributed by atoms with Crippen molar-refractivity contribution in [2.75, 3.05) is 0 Å². The second kappa shape index (κ2) is 3.09. The van der Waals surface area contributed by atoms with Gasteiger partial charge in [-0.25, -0.2) is 0 Å². The number of ether oxygens (including phenoxy) is 1. The number of hydrogen-bond donors (Lipinski definition) is 0. The molecule has 0 bridgehead atoms. The molecule has 0 aliphatic carbocycles. The van der Waals surface area contributed by atoms with E-state index >= 15 is 0 Å². The first-order valence-electron chi connectivity index (χ1n) is 5.05. The number of fused-ring (bicyclic) bond motifs is 2. The van der Waals surface area contributed by atoms with Crippen molar-refractivity contribution in [2.24, 2.45) is 0 Å². The van der Waals surface area contributed by atoms with E-state index in [1.807, 2.05) is 24.3 Å². The van der Waals surface area contributed by atoms with Crippen LogP contribution in [0.4, 0.5) is 0 Å². The van der Waals surface area contributed by atoms with Gasteiger partial charge in [0.15, 0.2) is 0 Å². The summed E-state index contributed by atoms with van der Waals surface area (Å²) in [6, 6.07) is 12.2. The summed E-state index contributed by atoms with van der Waals surface area (Å²) in [5, 5.41) is 2.32. The van der Waals surface area contributed by atoms with E-state index in [9.17, 15) is 4.79 Å². The molecule has 0 amide bonds. The lowest BCUT2D eigenvalue weighted by atomic mass is 10.0. The van der Waals surface area contributed by atoms with Crippen LogP contribution in [-0.4, -0.2) is 5.97 Å². The van der Waals surface area contributed by atoms with Crippen LogP contribution in [-0.2, 0) is 11.2 Å². The summed E-state index contributed by atoms with van der Waals surface area (Å²) in [7, 11) is 0. The lowest BCUT2D eigenvalue weighted by molar-refractivity contribution is -0.135. The van der Waals surface area contributed by atoms with Crippen molar-refractivity contribution in [1.29, 1.82) is 0 Å². The third kappa shape index (κ3) is 1.38. The Bertz CT molecular complexity index is 543. The number of carbonyl (C=O) groups excluding carboxylic acids is 1. The van der Waals surface area contributed by atoms with Gasteiger partial charge in [-0.15, -0.1) is 0 Å². The number of aryl methyl sites for hydroxylation is 1. The molecule has 2 nitrogen and oxygen atoms in total. The van der Waals surface area contributed by atoms with Crippen LogP contribution in [0.2, 0.25) is 0 Å². The molecule has 0 unspecified atom stereocenters. The normalized spacial score (nSPS) is 14.8. The van der Waals surface area contributed by atoms with Crippen LogP contribution in [0.1, 0.15) is 12.0 Å². The van der Waals surface area contributed by atoms with Crippen molar-refractivity contribution in [3.63, 3.8) is 0 Å². The zero-order valence-corrected chi connectivity index (χ0v) is 8.19. The number of hydrogen-bond acceptors (Lipinski definition) is 2. The number of esters is 1. The molecule has 1 aliphatic rings. The molecule has 2 aromatic carbocycles. The van der Waals surface area contributed by atoms with Gasteiger partial charge in [0.05, 0.1) is 6.42 Å². The standard InChI is InChI=1S/C13H10O2/c14-13-6-5-11-7-9-3-1-2-4-10(9)8-12(11)15-13/h1-4,7-8H,5-6H2. The quantitative estimate of drug-likeness (QED) is 0.480. The molecule has 0 saturated heterocycles. The smallest absolute Gasteiger partial charge is 0.311 e. The van der Waals surface area contributed by atoms with E-state index < -0.39 is 0 Å². The number of benzene rings is 2. The molecule has 2 aromatic rings. The minimum Gasteiger partial charge on any atom is -0.426 e. The molecule has 0 aromatic heterocycles. The molecule has 1 heterocycles. The van der Waals surface area contributed by atoms with Crippen molar-refractivity contribution in [3.05, 3.63) is 42.0 Å². The molecule has 15 heavy (non-hydrogen) atoms. The fourth-order valence-corrected chi connectivity index (χ4v) is 1.97. The van der Waals surface area contributed by atoms with Crippen LogP contribution in [0.3, 0.4) is 0 Å². The van der Waals surface area contributed by atoms with Crippen molar-refractivity contribution in [2.45, 2.75) is 12.8 Å². The summed E-state index contributed by atoms with van der Waals surface area (Å²) < 4.78 is 5.20. The highest BCUT2D eigenvalue weighted by atomic mass is 16.5. The second-order valence-electron chi connectivity index (χ2n) is 3.78. The summed E-state index contributed by atoms with van der Waals surface area (Å²) in [5.74, 6) is 0.600. The summed E-state index contributed by atoms with van der Waals surface area (Å²) in [6.07, 6.45) is 1.28. The molecule has 1 aliphatic heterocycles. The van der Waals surface area contributed by atoms with Crippen molar-refractivity contribution in [1.82, 2.24) is 0 Å². The third-order valence-electron chi connectivity index (χ3n) is 2.75. The summed E-state index contributed by atoms with van der Waals surface area (Å²) in [5.41, 5.74) is 1.13. The molecular weight excluding hydrogens is 188 g/mol. The fraction of sp³-hybridized carbons (Fsp3) is 0.154. The summed E-state index contributed by atoms with van der Waals surface area (Å²) in [4.78, 5) is 11.1. The maximum Gasteiger partial charge on any atom is 0.311 e. The highest BCUT2D eigenvalue weighted by Gasteiger charge is 2.17. The van der Waals surface area contributed by atoms with Gasteiger partial charge in [0.25, 0.3) is 0 Å². The molecular formula is C13H10O2. The predicted molar refractivity (Wildman–Crippen MR) is 57.9 cm³/mol. The molecule has 0 spiro atoms. The molecule has 74 valence electrons. The molecule has 0 atom stereocenters. The van der Waals surface area contributed by atoms with Gasteiger partial charge in [-0.1, -0.05) is 24.3 Å². The Hall–Kier alpha value is -1.83. The Balaban J connectivity index is 2.24.